The van der Waals surface area contributed by atoms with Crippen molar-refractivity contribution in [3.8, 4) is 0 Å². The third-order valence-corrected chi connectivity index (χ3v) is 3.92. The average molecular weight is 366 g/mol. The maximum absolute atomic E-state index is 12.2. The first-order valence-corrected chi connectivity index (χ1v) is 6.60. The van der Waals surface area contributed by atoms with Crippen LogP contribution in [0.15, 0.2) is 33.9 Å². The zero-order chi connectivity index (χ0) is 13.6. The largest absolute Gasteiger partial charge is 0.305 e. The van der Waals surface area contributed by atoms with Crippen LogP contribution in [0.3, 0.4) is 0 Å². The van der Waals surface area contributed by atoms with Gasteiger partial charge in [-0.2, -0.15) is 0 Å². The lowest BCUT2D eigenvalue weighted by molar-refractivity contribution is -0.493. The molecule has 1 aliphatic carbocycles. The van der Waals surface area contributed by atoms with Crippen molar-refractivity contribution in [2.75, 3.05) is 0 Å². The third-order valence-electron chi connectivity index (χ3n) is 3.01. The second-order valence-electron chi connectivity index (χ2n) is 4.20. The van der Waals surface area contributed by atoms with Crippen molar-refractivity contribution in [3.63, 3.8) is 0 Å². The van der Waals surface area contributed by atoms with Gasteiger partial charge < -0.3 is 0 Å². The number of pyridine rings is 1. The van der Waals surface area contributed by atoms with Gasteiger partial charge in [0.05, 0.1) is 20.4 Å². The molecular weight excluding hydrogens is 359 g/mol. The van der Waals surface area contributed by atoms with Gasteiger partial charge in [0.25, 0.3) is 0 Å². The Morgan fingerprint density at radius 2 is 2.05 bits per heavy atom. The first-order chi connectivity index (χ1) is 9.08. The lowest BCUT2D eigenvalue weighted by Gasteiger charge is -2.15. The Morgan fingerprint density at radius 3 is 2.79 bits per heavy atom. The number of ketones is 1. The molecule has 94 valence electrons. The summed E-state index contributed by atoms with van der Waals surface area (Å²) in [7, 11) is 0. The molecule has 0 saturated carbocycles. The molecule has 0 amide bonds. The van der Waals surface area contributed by atoms with Gasteiger partial charge in [0.2, 0.25) is 5.78 Å². The van der Waals surface area contributed by atoms with Crippen molar-refractivity contribution in [3.05, 3.63) is 55.3 Å². The van der Waals surface area contributed by atoms with E-state index in [4.69, 9.17) is 0 Å². The molecule has 0 radical (unpaired) electrons. The number of hydrogen-bond acceptors (Lipinski definition) is 4. The standard InChI is InChI=1S/C13H7IN2O3/c14-9-6-11-8(13(17)12(9)16(18)19)5-7-3-1-2-4-10(7)15-11/h1-6,12H. The summed E-state index contributed by atoms with van der Waals surface area (Å²) in [4.78, 5) is 27.0. The number of carbonyl (C=O) groups is 1. The average Bonchev–Trinajstić information content (AvgIpc) is 2.36. The highest BCUT2D eigenvalue weighted by molar-refractivity contribution is 14.1. The Bertz CT molecular complexity index is 755. The Balaban J connectivity index is 2.27. The Hall–Kier alpha value is -1.83. The summed E-state index contributed by atoms with van der Waals surface area (Å²) >= 11 is 1.83. The van der Waals surface area contributed by atoms with Gasteiger partial charge >= 0.3 is 6.04 Å². The predicted octanol–water partition coefficient (Wildman–Crippen LogP) is 2.85. The minimum Gasteiger partial charge on any atom is -0.286 e. The molecule has 2 aromatic rings. The SMILES string of the molecule is O=C1c2cc3ccccc3nc2C=C(I)C1[N+](=O)[O-]. The van der Waals surface area contributed by atoms with Crippen LogP contribution in [0.4, 0.5) is 0 Å². The van der Waals surface area contributed by atoms with E-state index in [1.54, 1.807) is 12.1 Å². The van der Waals surface area contributed by atoms with Crippen molar-refractivity contribution >= 4 is 45.4 Å². The molecule has 19 heavy (non-hydrogen) atoms. The normalized spacial score (nSPS) is 18.1. The number of para-hydroxylation sites is 1. The molecule has 0 fully saturated rings. The maximum atomic E-state index is 12.2. The molecule has 1 aromatic heterocycles. The number of benzene rings is 1. The molecule has 0 bridgehead atoms. The van der Waals surface area contributed by atoms with Crippen LogP contribution >= 0.6 is 22.6 Å². The summed E-state index contributed by atoms with van der Waals surface area (Å²) < 4.78 is 0.392. The quantitative estimate of drug-likeness (QED) is 0.442. The topological polar surface area (TPSA) is 73.1 Å². The van der Waals surface area contributed by atoms with Gasteiger partial charge in [0, 0.05) is 10.3 Å². The van der Waals surface area contributed by atoms with Crippen LogP contribution < -0.4 is 0 Å². The van der Waals surface area contributed by atoms with Gasteiger partial charge in [0.1, 0.15) is 0 Å². The van der Waals surface area contributed by atoms with Crippen molar-refractivity contribution < 1.29 is 9.72 Å². The van der Waals surface area contributed by atoms with E-state index < -0.39 is 16.7 Å². The van der Waals surface area contributed by atoms with Crippen LogP contribution in [0.2, 0.25) is 0 Å². The summed E-state index contributed by atoms with van der Waals surface area (Å²) in [6.45, 7) is 0. The molecule has 0 aliphatic heterocycles. The number of rotatable bonds is 1. The van der Waals surface area contributed by atoms with E-state index in [1.807, 2.05) is 46.9 Å². The highest BCUT2D eigenvalue weighted by Gasteiger charge is 2.38. The number of nitro groups is 1. The van der Waals surface area contributed by atoms with E-state index in [-0.39, 0.29) is 0 Å². The molecule has 1 heterocycles. The van der Waals surface area contributed by atoms with Gasteiger partial charge in [-0.25, -0.2) is 4.98 Å². The van der Waals surface area contributed by atoms with Gasteiger partial charge in [-0.05, 0) is 40.8 Å². The molecule has 0 saturated heterocycles. The summed E-state index contributed by atoms with van der Waals surface area (Å²) in [5.41, 5.74) is 1.60. The molecule has 6 heteroatoms. The van der Waals surface area contributed by atoms with Crippen LogP contribution in [-0.4, -0.2) is 21.7 Å². The molecule has 1 aliphatic rings. The van der Waals surface area contributed by atoms with E-state index in [2.05, 4.69) is 4.98 Å². The summed E-state index contributed by atoms with van der Waals surface area (Å²) in [6, 6.07) is 7.77. The Morgan fingerprint density at radius 1 is 1.32 bits per heavy atom. The second kappa shape index (κ2) is 4.37. The minimum atomic E-state index is -1.30. The number of hydrogen-bond donors (Lipinski definition) is 0. The molecule has 1 aromatic carbocycles. The fourth-order valence-electron chi connectivity index (χ4n) is 2.12. The molecule has 3 rings (SSSR count). The van der Waals surface area contributed by atoms with Gasteiger partial charge in [-0.15, -0.1) is 0 Å². The molecular formula is C13H7IN2O3. The summed E-state index contributed by atoms with van der Waals surface area (Å²) in [6.07, 6.45) is 1.61. The maximum Gasteiger partial charge on any atom is 0.305 e. The number of fused-ring (bicyclic) bond motifs is 2. The first-order valence-electron chi connectivity index (χ1n) is 5.52. The number of carbonyl (C=O) groups excluding carboxylic acids is 1. The van der Waals surface area contributed by atoms with Crippen molar-refractivity contribution in [2.24, 2.45) is 0 Å². The Labute approximate surface area is 121 Å². The van der Waals surface area contributed by atoms with Crippen LogP contribution in [0, 0.1) is 10.1 Å². The highest BCUT2D eigenvalue weighted by atomic mass is 127. The minimum absolute atomic E-state index is 0.320. The molecule has 1 atom stereocenters. The fraction of sp³-hybridized carbons (Fsp3) is 0.0769. The molecule has 0 N–H and O–H groups in total. The highest BCUT2D eigenvalue weighted by Crippen LogP contribution is 2.30. The van der Waals surface area contributed by atoms with E-state index >= 15 is 0 Å². The lowest BCUT2D eigenvalue weighted by Crippen LogP contribution is -2.32. The number of aromatic nitrogens is 1. The lowest BCUT2D eigenvalue weighted by atomic mass is 9.95. The number of Topliss-reactive ketones (excluding diaryl/α,β-unsaturated/α-hetero) is 1. The zero-order valence-electron chi connectivity index (χ0n) is 9.54. The number of nitrogens with zero attached hydrogens (tertiary/aromatic N) is 2. The van der Waals surface area contributed by atoms with Crippen LogP contribution in [-0.2, 0) is 0 Å². The third kappa shape index (κ3) is 1.92. The van der Waals surface area contributed by atoms with E-state index in [0.29, 0.717) is 14.8 Å². The van der Waals surface area contributed by atoms with E-state index in [1.165, 1.54) is 0 Å². The number of halogens is 1. The fourth-order valence-corrected chi connectivity index (χ4v) is 2.92. The van der Waals surface area contributed by atoms with E-state index in [0.717, 1.165) is 10.9 Å². The van der Waals surface area contributed by atoms with Gasteiger partial charge in [0.15, 0.2) is 0 Å². The van der Waals surface area contributed by atoms with Crippen LogP contribution in [0.5, 0.6) is 0 Å². The second-order valence-corrected chi connectivity index (χ2v) is 5.44. The molecule has 1 unspecified atom stereocenters. The predicted molar refractivity (Wildman–Crippen MR) is 78.9 cm³/mol. The summed E-state index contributed by atoms with van der Waals surface area (Å²) in [5, 5.41) is 11.8. The molecule has 5 nitrogen and oxygen atoms in total. The monoisotopic (exact) mass is 366 g/mol. The Kier molecular flexibility index (Phi) is 2.81. The zero-order valence-corrected chi connectivity index (χ0v) is 11.7. The van der Waals surface area contributed by atoms with Crippen LogP contribution in [0.25, 0.3) is 17.0 Å². The van der Waals surface area contributed by atoms with Crippen LogP contribution in [0.1, 0.15) is 16.1 Å². The molecule has 0 spiro atoms. The van der Waals surface area contributed by atoms with Crippen molar-refractivity contribution in [2.45, 2.75) is 6.04 Å². The van der Waals surface area contributed by atoms with Gasteiger partial charge in [-0.3, -0.25) is 14.9 Å². The van der Waals surface area contributed by atoms with Gasteiger partial charge in [-0.1, -0.05) is 18.2 Å². The smallest absolute Gasteiger partial charge is 0.286 e. The first kappa shape index (κ1) is 12.2. The van der Waals surface area contributed by atoms with Crippen molar-refractivity contribution in [1.29, 1.82) is 0 Å². The summed E-state index contributed by atoms with van der Waals surface area (Å²) in [5.74, 6) is -0.495. The van der Waals surface area contributed by atoms with E-state index in [9.17, 15) is 14.9 Å². The van der Waals surface area contributed by atoms with Crippen molar-refractivity contribution in [1.82, 2.24) is 4.98 Å².